The van der Waals surface area contributed by atoms with E-state index in [4.69, 9.17) is 4.74 Å². The number of phenolic OH excluding ortho intramolecular Hbond substituents is 1. The van der Waals surface area contributed by atoms with Crippen LogP contribution in [0.1, 0.15) is 28.8 Å². The van der Waals surface area contributed by atoms with Gasteiger partial charge in [-0.1, -0.05) is 12.1 Å². The molecule has 0 radical (unpaired) electrons. The molecule has 1 fully saturated rings. The van der Waals surface area contributed by atoms with Gasteiger partial charge in [-0.15, -0.1) is 0 Å². The lowest BCUT2D eigenvalue weighted by atomic mass is 10.2. The van der Waals surface area contributed by atoms with Crippen molar-refractivity contribution in [2.75, 3.05) is 18.0 Å². The Kier molecular flexibility index (Phi) is 4.23. The smallest absolute Gasteiger partial charge is 0.157 e. The molecule has 1 aliphatic heterocycles. The number of aromatic hydroxyl groups is 1. The first kappa shape index (κ1) is 14.4. The Hall–Kier alpha value is -2.56. The first-order valence-corrected chi connectivity index (χ1v) is 7.38. The Balaban J connectivity index is 1.80. The van der Waals surface area contributed by atoms with E-state index in [0.717, 1.165) is 24.5 Å². The Labute approximate surface area is 129 Å². The Morgan fingerprint density at radius 2 is 2.05 bits per heavy atom. The van der Waals surface area contributed by atoms with E-state index in [1.807, 2.05) is 12.1 Å². The molecule has 5 nitrogen and oxygen atoms in total. The number of carbonyl (C=O) groups is 1. The molecular formula is C17H18N2O3. The SMILES string of the molecule is O=Cc1c(O)cccc1OCc1cccnc1N1CCCC1. The number of rotatable bonds is 5. The van der Waals surface area contributed by atoms with Crippen molar-refractivity contribution in [1.29, 1.82) is 0 Å². The average Bonchev–Trinajstić information content (AvgIpc) is 3.07. The van der Waals surface area contributed by atoms with Gasteiger partial charge in [0.25, 0.3) is 0 Å². The van der Waals surface area contributed by atoms with E-state index >= 15 is 0 Å². The maximum atomic E-state index is 11.1. The summed E-state index contributed by atoms with van der Waals surface area (Å²) in [6, 6.07) is 8.65. The van der Waals surface area contributed by atoms with Gasteiger partial charge in [0, 0.05) is 24.8 Å². The molecule has 1 aromatic carbocycles. The second-order valence-electron chi connectivity index (χ2n) is 5.28. The molecule has 3 rings (SSSR count). The average molecular weight is 298 g/mol. The molecule has 0 saturated carbocycles. The standard InChI is InChI=1S/C17H18N2O3/c20-11-14-15(21)6-3-7-16(14)22-12-13-5-4-8-18-17(13)19-9-1-2-10-19/h3-8,11,21H,1-2,9-10,12H2. The van der Waals surface area contributed by atoms with Crippen molar-refractivity contribution in [2.45, 2.75) is 19.4 Å². The molecule has 114 valence electrons. The molecule has 0 atom stereocenters. The Bertz CT molecular complexity index is 667. The monoisotopic (exact) mass is 298 g/mol. The third-order valence-electron chi connectivity index (χ3n) is 3.82. The molecule has 2 aromatic rings. The van der Waals surface area contributed by atoms with Gasteiger partial charge in [0.1, 0.15) is 23.9 Å². The predicted octanol–water partition coefficient (Wildman–Crippen LogP) is 2.78. The zero-order valence-electron chi connectivity index (χ0n) is 12.2. The summed E-state index contributed by atoms with van der Waals surface area (Å²) in [6.45, 7) is 2.33. The number of pyridine rings is 1. The highest BCUT2D eigenvalue weighted by molar-refractivity contribution is 5.83. The summed E-state index contributed by atoms with van der Waals surface area (Å²) >= 11 is 0. The van der Waals surface area contributed by atoms with Crippen molar-refractivity contribution in [3.8, 4) is 11.5 Å². The van der Waals surface area contributed by atoms with Gasteiger partial charge in [0.05, 0.1) is 5.56 Å². The maximum Gasteiger partial charge on any atom is 0.157 e. The summed E-state index contributed by atoms with van der Waals surface area (Å²) in [5, 5.41) is 9.68. The minimum absolute atomic E-state index is 0.0709. The highest BCUT2D eigenvalue weighted by Gasteiger charge is 2.17. The second-order valence-corrected chi connectivity index (χ2v) is 5.28. The molecular weight excluding hydrogens is 280 g/mol. The fourth-order valence-electron chi connectivity index (χ4n) is 2.69. The number of phenols is 1. The van der Waals surface area contributed by atoms with Crippen LogP contribution in [0.15, 0.2) is 36.5 Å². The summed E-state index contributed by atoms with van der Waals surface area (Å²) in [4.78, 5) is 17.8. The minimum atomic E-state index is -0.0709. The van der Waals surface area contributed by atoms with Crippen LogP contribution in [0.4, 0.5) is 5.82 Å². The number of hydrogen-bond donors (Lipinski definition) is 1. The number of benzene rings is 1. The fourth-order valence-corrected chi connectivity index (χ4v) is 2.69. The highest BCUT2D eigenvalue weighted by atomic mass is 16.5. The van der Waals surface area contributed by atoms with Gasteiger partial charge in [0.15, 0.2) is 6.29 Å². The third kappa shape index (κ3) is 2.88. The molecule has 1 aromatic heterocycles. The zero-order chi connectivity index (χ0) is 15.4. The van der Waals surface area contributed by atoms with Gasteiger partial charge in [-0.25, -0.2) is 4.98 Å². The normalized spacial score (nSPS) is 14.1. The first-order chi connectivity index (χ1) is 10.8. The summed E-state index contributed by atoms with van der Waals surface area (Å²) in [5.74, 6) is 1.25. The molecule has 22 heavy (non-hydrogen) atoms. The fraction of sp³-hybridized carbons (Fsp3) is 0.294. The van der Waals surface area contributed by atoms with Crippen LogP contribution in [-0.4, -0.2) is 29.5 Å². The molecule has 0 aliphatic carbocycles. The van der Waals surface area contributed by atoms with Gasteiger partial charge in [-0.05, 0) is 31.0 Å². The van der Waals surface area contributed by atoms with Crippen LogP contribution in [0.2, 0.25) is 0 Å². The number of nitrogens with zero attached hydrogens (tertiary/aromatic N) is 2. The van der Waals surface area contributed by atoms with E-state index in [1.54, 1.807) is 18.3 Å². The zero-order valence-corrected chi connectivity index (χ0v) is 12.2. The van der Waals surface area contributed by atoms with Gasteiger partial charge >= 0.3 is 0 Å². The van der Waals surface area contributed by atoms with Crippen molar-refractivity contribution in [2.24, 2.45) is 0 Å². The highest BCUT2D eigenvalue weighted by Crippen LogP contribution is 2.28. The first-order valence-electron chi connectivity index (χ1n) is 7.38. The van der Waals surface area contributed by atoms with Crippen LogP contribution in [0, 0.1) is 0 Å². The topological polar surface area (TPSA) is 62.7 Å². The molecule has 5 heteroatoms. The number of hydrogen-bond acceptors (Lipinski definition) is 5. The molecule has 0 unspecified atom stereocenters. The van der Waals surface area contributed by atoms with Crippen LogP contribution in [0.25, 0.3) is 0 Å². The second kappa shape index (κ2) is 6.47. The molecule has 0 amide bonds. The summed E-state index contributed by atoms with van der Waals surface area (Å²) in [6.07, 6.45) is 4.75. The largest absolute Gasteiger partial charge is 0.507 e. The maximum absolute atomic E-state index is 11.1. The van der Waals surface area contributed by atoms with Gasteiger partial charge in [0.2, 0.25) is 0 Å². The van der Waals surface area contributed by atoms with E-state index in [1.165, 1.54) is 18.9 Å². The molecule has 2 heterocycles. The van der Waals surface area contributed by atoms with E-state index in [0.29, 0.717) is 18.6 Å². The molecule has 0 spiro atoms. The van der Waals surface area contributed by atoms with E-state index < -0.39 is 0 Å². The summed E-state index contributed by atoms with van der Waals surface area (Å²) < 4.78 is 5.74. The lowest BCUT2D eigenvalue weighted by Gasteiger charge is -2.20. The quantitative estimate of drug-likeness (QED) is 0.860. The lowest BCUT2D eigenvalue weighted by Crippen LogP contribution is -2.21. The van der Waals surface area contributed by atoms with E-state index in [9.17, 15) is 9.90 Å². The lowest BCUT2D eigenvalue weighted by molar-refractivity contribution is 0.111. The van der Waals surface area contributed by atoms with Crippen LogP contribution in [-0.2, 0) is 6.61 Å². The van der Waals surface area contributed by atoms with Gasteiger partial charge < -0.3 is 14.7 Å². The van der Waals surface area contributed by atoms with Crippen LogP contribution in [0.3, 0.4) is 0 Å². The molecule has 1 saturated heterocycles. The molecule has 1 N–H and O–H groups in total. The van der Waals surface area contributed by atoms with Crippen molar-refractivity contribution in [1.82, 2.24) is 4.98 Å². The Morgan fingerprint density at radius 1 is 1.23 bits per heavy atom. The van der Waals surface area contributed by atoms with Gasteiger partial charge in [-0.3, -0.25) is 4.79 Å². The number of aldehydes is 1. The Morgan fingerprint density at radius 3 is 2.82 bits per heavy atom. The number of ether oxygens (including phenoxy) is 1. The predicted molar refractivity (Wildman–Crippen MR) is 83.5 cm³/mol. The van der Waals surface area contributed by atoms with Crippen molar-refractivity contribution in [3.05, 3.63) is 47.7 Å². The molecule has 0 bridgehead atoms. The van der Waals surface area contributed by atoms with Crippen LogP contribution < -0.4 is 9.64 Å². The van der Waals surface area contributed by atoms with E-state index in [2.05, 4.69) is 9.88 Å². The molecule has 1 aliphatic rings. The van der Waals surface area contributed by atoms with Crippen molar-refractivity contribution in [3.63, 3.8) is 0 Å². The van der Waals surface area contributed by atoms with Crippen molar-refractivity contribution >= 4 is 12.1 Å². The number of anilines is 1. The number of aromatic nitrogens is 1. The van der Waals surface area contributed by atoms with Gasteiger partial charge in [-0.2, -0.15) is 0 Å². The minimum Gasteiger partial charge on any atom is -0.507 e. The summed E-state index contributed by atoms with van der Waals surface area (Å²) in [5.41, 5.74) is 1.15. The van der Waals surface area contributed by atoms with Crippen LogP contribution in [0.5, 0.6) is 11.5 Å². The summed E-state index contributed by atoms with van der Waals surface area (Å²) in [7, 11) is 0. The third-order valence-corrected chi connectivity index (χ3v) is 3.82. The van der Waals surface area contributed by atoms with Crippen molar-refractivity contribution < 1.29 is 14.6 Å². The van der Waals surface area contributed by atoms with Crippen LogP contribution >= 0.6 is 0 Å². The number of carbonyl (C=O) groups excluding carboxylic acids is 1. The van der Waals surface area contributed by atoms with E-state index in [-0.39, 0.29) is 11.3 Å².